The first-order valence-corrected chi connectivity index (χ1v) is 7.14. The van der Waals surface area contributed by atoms with Crippen molar-refractivity contribution in [3.8, 4) is 5.75 Å². The minimum absolute atomic E-state index is 0.305. The molecule has 0 radical (unpaired) electrons. The quantitative estimate of drug-likeness (QED) is 0.621. The highest BCUT2D eigenvalue weighted by Crippen LogP contribution is 2.19. The number of ether oxygens (including phenoxy) is 1. The van der Waals surface area contributed by atoms with E-state index >= 15 is 0 Å². The smallest absolute Gasteiger partial charge is 0.272 e. The van der Waals surface area contributed by atoms with Crippen LogP contribution in [-0.2, 0) is 11.4 Å². The second kappa shape index (κ2) is 6.99. The summed E-state index contributed by atoms with van der Waals surface area (Å²) in [5.74, 6) is 0.305. The molecular formula is C13H18F2N2O2S. The van der Waals surface area contributed by atoms with Gasteiger partial charge < -0.3 is 9.29 Å². The Bertz CT molecular complexity index is 476. The van der Waals surface area contributed by atoms with Gasteiger partial charge in [-0.1, -0.05) is 4.40 Å². The predicted molar refractivity (Wildman–Crippen MR) is 76.0 cm³/mol. The molecule has 0 N–H and O–H groups in total. The van der Waals surface area contributed by atoms with E-state index in [-0.39, 0.29) is 0 Å². The van der Waals surface area contributed by atoms with Gasteiger partial charge in [0.05, 0.1) is 11.9 Å². The van der Waals surface area contributed by atoms with E-state index in [1.807, 2.05) is 20.8 Å². The van der Waals surface area contributed by atoms with E-state index in [9.17, 15) is 13.3 Å². The Morgan fingerprint density at radius 3 is 2.65 bits per heavy atom. The maximum absolute atomic E-state index is 12.1. The van der Waals surface area contributed by atoms with Gasteiger partial charge in [0.25, 0.3) is 6.43 Å². The molecule has 7 heteroatoms. The van der Waals surface area contributed by atoms with Gasteiger partial charge in [0.1, 0.15) is 34.7 Å². The summed E-state index contributed by atoms with van der Waals surface area (Å²) in [5, 5.41) is 0. The van der Waals surface area contributed by atoms with Crippen LogP contribution in [0, 0.1) is 6.92 Å². The van der Waals surface area contributed by atoms with Crippen LogP contribution in [0.2, 0.25) is 0 Å². The first kappa shape index (κ1) is 16.8. The minimum atomic E-state index is -2.52. The second-order valence-corrected chi connectivity index (χ2v) is 7.11. The van der Waals surface area contributed by atoms with Gasteiger partial charge in [-0.05, 0) is 39.3 Å². The van der Waals surface area contributed by atoms with Crippen molar-refractivity contribution >= 4 is 17.6 Å². The van der Waals surface area contributed by atoms with E-state index in [4.69, 9.17) is 4.74 Å². The van der Waals surface area contributed by atoms with E-state index in [2.05, 4.69) is 9.38 Å². The third-order valence-corrected chi connectivity index (χ3v) is 3.60. The largest absolute Gasteiger partial charge is 0.591 e. The average molecular weight is 304 g/mol. The van der Waals surface area contributed by atoms with Crippen LogP contribution >= 0.6 is 0 Å². The van der Waals surface area contributed by atoms with E-state index in [1.165, 1.54) is 12.4 Å². The molecule has 0 aliphatic carbocycles. The molecule has 0 bridgehead atoms. The molecule has 4 nitrogen and oxygen atoms in total. The predicted octanol–water partition coefficient (Wildman–Crippen LogP) is 2.92. The van der Waals surface area contributed by atoms with E-state index in [0.717, 1.165) is 0 Å². The molecule has 1 aromatic heterocycles. The lowest BCUT2D eigenvalue weighted by Gasteiger charge is -2.17. The van der Waals surface area contributed by atoms with Crippen LogP contribution < -0.4 is 4.74 Å². The topological polar surface area (TPSA) is 57.5 Å². The van der Waals surface area contributed by atoms with E-state index in [0.29, 0.717) is 17.0 Å². The van der Waals surface area contributed by atoms with E-state index in [1.54, 1.807) is 13.0 Å². The molecule has 0 aromatic carbocycles. The first-order valence-electron chi connectivity index (χ1n) is 6.04. The van der Waals surface area contributed by atoms with Crippen molar-refractivity contribution in [1.82, 2.24) is 4.98 Å². The summed E-state index contributed by atoms with van der Waals surface area (Å²) in [5.41, 5.74) is 1.17. The Labute approximate surface area is 120 Å². The summed E-state index contributed by atoms with van der Waals surface area (Å²) in [6.07, 6.45) is 0.245. The molecule has 0 aliphatic heterocycles. The van der Waals surface area contributed by atoms with Gasteiger partial charge in [-0.15, -0.1) is 0 Å². The molecule has 0 fully saturated rings. The highest BCUT2D eigenvalue weighted by molar-refractivity contribution is 7.91. The van der Waals surface area contributed by atoms with Crippen molar-refractivity contribution in [2.75, 3.05) is 6.61 Å². The number of aryl methyl sites for hydroxylation is 1. The number of aromatic nitrogens is 1. The summed E-state index contributed by atoms with van der Waals surface area (Å²) in [6, 6.07) is 1.64. The number of hydrogen-bond acceptors (Lipinski definition) is 4. The molecule has 20 heavy (non-hydrogen) atoms. The maximum atomic E-state index is 12.1. The SMILES string of the molecule is Cc1cc(C=N[S+]([O-])C(C)(C)C)ncc1OCC(F)F. The Kier molecular flexibility index (Phi) is 5.88. The van der Waals surface area contributed by atoms with Crippen molar-refractivity contribution in [2.24, 2.45) is 4.40 Å². The summed E-state index contributed by atoms with van der Waals surface area (Å²) >= 11 is -1.36. The van der Waals surface area contributed by atoms with Gasteiger partial charge in [-0.25, -0.2) is 8.78 Å². The number of nitrogens with zero attached hydrogens (tertiary/aromatic N) is 2. The molecular weight excluding hydrogens is 286 g/mol. The van der Waals surface area contributed by atoms with Crippen molar-refractivity contribution in [2.45, 2.75) is 38.9 Å². The number of halogens is 2. The standard InChI is InChI=1S/C13H18F2N2O2S/c1-9-5-10(6-17-20(18)13(2,3)4)16-7-11(9)19-8-12(14)15/h5-7,12H,8H2,1-4H3. The van der Waals surface area contributed by atoms with Gasteiger partial charge >= 0.3 is 0 Å². The summed E-state index contributed by atoms with van der Waals surface area (Å²) in [7, 11) is 0. The van der Waals surface area contributed by atoms with E-state index < -0.39 is 29.1 Å². The van der Waals surface area contributed by atoms with Gasteiger partial charge in [0.15, 0.2) is 0 Å². The number of hydrogen-bond donors (Lipinski definition) is 0. The highest BCUT2D eigenvalue weighted by atomic mass is 32.2. The third-order valence-electron chi connectivity index (χ3n) is 2.25. The Balaban J connectivity index is 2.75. The van der Waals surface area contributed by atoms with Gasteiger partial charge in [-0.2, -0.15) is 0 Å². The minimum Gasteiger partial charge on any atom is -0.591 e. The molecule has 0 aliphatic rings. The molecule has 1 rings (SSSR count). The molecule has 0 saturated carbocycles. The van der Waals surface area contributed by atoms with Crippen LogP contribution in [0.4, 0.5) is 8.78 Å². The highest BCUT2D eigenvalue weighted by Gasteiger charge is 2.25. The molecule has 0 amide bonds. The fourth-order valence-electron chi connectivity index (χ4n) is 1.20. The van der Waals surface area contributed by atoms with Crippen LogP contribution in [-0.4, -0.2) is 33.5 Å². The molecule has 0 saturated heterocycles. The number of rotatable bonds is 5. The zero-order chi connectivity index (χ0) is 15.3. The summed E-state index contributed by atoms with van der Waals surface area (Å²) in [6.45, 7) is 6.52. The number of pyridine rings is 1. The molecule has 0 spiro atoms. The Hall–Kier alpha value is -1.21. The van der Waals surface area contributed by atoms with Gasteiger partial charge in [0.2, 0.25) is 0 Å². The molecule has 112 valence electrons. The monoisotopic (exact) mass is 304 g/mol. The molecule has 1 unspecified atom stereocenters. The maximum Gasteiger partial charge on any atom is 0.272 e. The van der Waals surface area contributed by atoms with Crippen LogP contribution in [0.5, 0.6) is 5.75 Å². The fraction of sp³-hybridized carbons (Fsp3) is 0.538. The van der Waals surface area contributed by atoms with Crippen molar-refractivity contribution in [3.63, 3.8) is 0 Å². The second-order valence-electron chi connectivity index (χ2n) is 5.17. The zero-order valence-electron chi connectivity index (χ0n) is 11.9. The molecule has 1 heterocycles. The number of alkyl halides is 2. The van der Waals surface area contributed by atoms with Gasteiger partial charge in [-0.3, -0.25) is 4.98 Å². The summed E-state index contributed by atoms with van der Waals surface area (Å²) in [4.78, 5) is 4.02. The summed E-state index contributed by atoms with van der Waals surface area (Å²) < 4.78 is 44.3. The average Bonchev–Trinajstić information content (AvgIpc) is 2.33. The molecule has 1 atom stereocenters. The lowest BCUT2D eigenvalue weighted by atomic mass is 10.2. The van der Waals surface area contributed by atoms with Crippen molar-refractivity contribution < 1.29 is 18.1 Å². The lowest BCUT2D eigenvalue weighted by Crippen LogP contribution is -2.25. The van der Waals surface area contributed by atoms with Crippen molar-refractivity contribution in [3.05, 3.63) is 23.5 Å². The van der Waals surface area contributed by atoms with Crippen LogP contribution in [0.25, 0.3) is 0 Å². The Morgan fingerprint density at radius 1 is 1.50 bits per heavy atom. The normalized spacial score (nSPS) is 14.0. The zero-order valence-corrected chi connectivity index (χ0v) is 12.7. The van der Waals surface area contributed by atoms with Gasteiger partial charge in [0, 0.05) is 0 Å². The first-order chi connectivity index (χ1) is 9.20. The Morgan fingerprint density at radius 2 is 2.15 bits per heavy atom. The van der Waals surface area contributed by atoms with Crippen LogP contribution in [0.1, 0.15) is 32.0 Å². The lowest BCUT2D eigenvalue weighted by molar-refractivity contribution is 0.0814. The molecule has 1 aromatic rings. The third kappa shape index (κ3) is 5.42. The van der Waals surface area contributed by atoms with Crippen molar-refractivity contribution in [1.29, 1.82) is 0 Å². The fourth-order valence-corrected chi connectivity index (χ4v) is 1.72. The van der Waals surface area contributed by atoms with Crippen LogP contribution in [0.3, 0.4) is 0 Å². The van der Waals surface area contributed by atoms with Crippen LogP contribution in [0.15, 0.2) is 16.7 Å².